The van der Waals surface area contributed by atoms with Crippen LogP contribution in [0.4, 0.5) is 4.39 Å². The predicted octanol–water partition coefficient (Wildman–Crippen LogP) is 3.22. The first-order valence-corrected chi connectivity index (χ1v) is 9.16. The van der Waals surface area contributed by atoms with Crippen LogP contribution in [0.1, 0.15) is 24.1 Å². The Balaban J connectivity index is 1.69. The van der Waals surface area contributed by atoms with E-state index in [-0.39, 0.29) is 11.4 Å². The molecule has 0 atom stereocenters. The Morgan fingerprint density at radius 3 is 2.35 bits per heavy atom. The Morgan fingerprint density at radius 1 is 0.923 bits per heavy atom. The zero-order valence-corrected chi connectivity index (χ0v) is 14.7. The summed E-state index contributed by atoms with van der Waals surface area (Å²) < 4.78 is 14.8. The van der Waals surface area contributed by atoms with E-state index in [1.54, 1.807) is 16.8 Å². The molecule has 1 aliphatic heterocycles. The van der Waals surface area contributed by atoms with E-state index in [0.717, 1.165) is 36.3 Å². The lowest BCUT2D eigenvalue weighted by Crippen LogP contribution is -2.31. The molecule has 1 aliphatic rings. The molecule has 134 valence electrons. The zero-order valence-electron chi connectivity index (χ0n) is 14.7. The normalized spacial score (nSPS) is 15.0. The third-order valence-corrected chi connectivity index (χ3v) is 5.06. The molecular formula is C21H22FN3O. The summed E-state index contributed by atoms with van der Waals surface area (Å²) in [6, 6.07) is 14.1. The van der Waals surface area contributed by atoms with Crippen molar-refractivity contribution in [1.29, 1.82) is 0 Å². The number of rotatable bonds is 5. The second kappa shape index (κ2) is 7.38. The molecule has 0 radical (unpaired) electrons. The SMILES string of the molecule is O=c1c2ccccc2c(Cc2ccc(F)cc2)nn1CCN1CCCC1. The van der Waals surface area contributed by atoms with E-state index in [9.17, 15) is 9.18 Å². The lowest BCUT2D eigenvalue weighted by atomic mass is 10.0. The Bertz CT molecular complexity index is 959. The second-order valence-corrected chi connectivity index (χ2v) is 6.87. The predicted molar refractivity (Wildman–Crippen MR) is 101 cm³/mol. The number of benzene rings is 2. The summed E-state index contributed by atoms with van der Waals surface area (Å²) in [6.07, 6.45) is 3.04. The monoisotopic (exact) mass is 351 g/mol. The first kappa shape index (κ1) is 16.9. The van der Waals surface area contributed by atoms with Gasteiger partial charge in [-0.25, -0.2) is 9.07 Å². The number of fused-ring (bicyclic) bond motifs is 1. The zero-order chi connectivity index (χ0) is 17.9. The van der Waals surface area contributed by atoms with E-state index in [1.807, 2.05) is 24.3 Å². The van der Waals surface area contributed by atoms with Crippen molar-refractivity contribution in [2.75, 3.05) is 19.6 Å². The van der Waals surface area contributed by atoms with Gasteiger partial charge >= 0.3 is 0 Å². The number of aromatic nitrogens is 2. The van der Waals surface area contributed by atoms with Crippen LogP contribution >= 0.6 is 0 Å². The fraction of sp³-hybridized carbons (Fsp3) is 0.333. The van der Waals surface area contributed by atoms with Crippen LogP contribution in [0.25, 0.3) is 10.8 Å². The van der Waals surface area contributed by atoms with Crippen LogP contribution in [0.2, 0.25) is 0 Å². The average molecular weight is 351 g/mol. The third kappa shape index (κ3) is 3.53. The van der Waals surface area contributed by atoms with Crippen LogP contribution in [-0.2, 0) is 13.0 Å². The van der Waals surface area contributed by atoms with Crippen LogP contribution in [0.5, 0.6) is 0 Å². The molecule has 1 saturated heterocycles. The fourth-order valence-electron chi connectivity index (χ4n) is 3.63. The van der Waals surface area contributed by atoms with E-state index in [0.29, 0.717) is 18.4 Å². The molecule has 5 heteroatoms. The third-order valence-electron chi connectivity index (χ3n) is 5.06. The second-order valence-electron chi connectivity index (χ2n) is 6.87. The molecule has 2 heterocycles. The summed E-state index contributed by atoms with van der Waals surface area (Å²) >= 11 is 0. The molecule has 3 aromatic rings. The number of hydrogen-bond acceptors (Lipinski definition) is 3. The summed E-state index contributed by atoms with van der Waals surface area (Å²) in [4.78, 5) is 15.2. The lowest BCUT2D eigenvalue weighted by molar-refractivity contribution is 0.312. The number of likely N-dealkylation sites (tertiary alicyclic amines) is 1. The van der Waals surface area contributed by atoms with E-state index in [1.165, 1.54) is 25.0 Å². The topological polar surface area (TPSA) is 38.1 Å². The molecule has 26 heavy (non-hydrogen) atoms. The van der Waals surface area contributed by atoms with E-state index < -0.39 is 0 Å². The van der Waals surface area contributed by atoms with Crippen molar-refractivity contribution in [3.05, 3.63) is 76.0 Å². The first-order chi connectivity index (χ1) is 12.7. The van der Waals surface area contributed by atoms with Gasteiger partial charge in [0.1, 0.15) is 5.82 Å². The molecule has 0 bridgehead atoms. The van der Waals surface area contributed by atoms with Gasteiger partial charge in [-0.2, -0.15) is 5.10 Å². The summed E-state index contributed by atoms with van der Waals surface area (Å²) in [5, 5.41) is 6.23. The Kier molecular flexibility index (Phi) is 4.80. The van der Waals surface area contributed by atoms with Crippen LogP contribution in [0.15, 0.2) is 53.3 Å². The van der Waals surface area contributed by atoms with Crippen molar-refractivity contribution in [1.82, 2.24) is 14.7 Å². The van der Waals surface area contributed by atoms with E-state index in [4.69, 9.17) is 0 Å². The summed E-state index contributed by atoms with van der Waals surface area (Å²) in [7, 11) is 0. The molecule has 1 aromatic heterocycles. The van der Waals surface area contributed by atoms with Crippen molar-refractivity contribution < 1.29 is 4.39 Å². The molecule has 4 rings (SSSR count). The lowest BCUT2D eigenvalue weighted by Gasteiger charge is -2.16. The first-order valence-electron chi connectivity index (χ1n) is 9.16. The summed E-state index contributed by atoms with van der Waals surface area (Å²) in [6.45, 7) is 3.65. The molecule has 0 amide bonds. The quantitative estimate of drug-likeness (QED) is 0.708. The van der Waals surface area contributed by atoms with Crippen molar-refractivity contribution in [2.24, 2.45) is 0 Å². The maximum Gasteiger partial charge on any atom is 0.274 e. The molecule has 0 N–H and O–H groups in total. The van der Waals surface area contributed by atoms with E-state index in [2.05, 4.69) is 10.00 Å². The smallest absolute Gasteiger partial charge is 0.274 e. The molecule has 1 fully saturated rings. The van der Waals surface area contributed by atoms with Gasteiger partial charge in [-0.15, -0.1) is 0 Å². The van der Waals surface area contributed by atoms with Crippen molar-refractivity contribution >= 4 is 10.8 Å². The minimum atomic E-state index is -0.248. The maximum atomic E-state index is 13.2. The number of hydrogen-bond donors (Lipinski definition) is 0. The van der Waals surface area contributed by atoms with Gasteiger partial charge in [0.2, 0.25) is 0 Å². The molecule has 0 saturated carbocycles. The van der Waals surface area contributed by atoms with Gasteiger partial charge in [-0.3, -0.25) is 4.79 Å². The number of nitrogens with zero attached hydrogens (tertiary/aromatic N) is 3. The highest BCUT2D eigenvalue weighted by molar-refractivity contribution is 5.83. The van der Waals surface area contributed by atoms with Gasteiger partial charge in [0.15, 0.2) is 0 Å². The summed E-state index contributed by atoms with van der Waals surface area (Å²) in [5.74, 6) is -0.248. The summed E-state index contributed by atoms with van der Waals surface area (Å²) in [5.41, 5.74) is 1.80. The van der Waals surface area contributed by atoms with Gasteiger partial charge in [0.05, 0.1) is 17.6 Å². The van der Waals surface area contributed by atoms with Crippen LogP contribution in [0, 0.1) is 5.82 Å². The standard InChI is InChI=1S/C21H22FN3O/c22-17-9-7-16(8-10-17)15-20-18-5-1-2-6-19(18)21(26)25(23-20)14-13-24-11-3-4-12-24/h1-2,5-10H,3-4,11-15H2. The van der Waals surface area contributed by atoms with Gasteiger partial charge in [-0.1, -0.05) is 30.3 Å². The largest absolute Gasteiger partial charge is 0.301 e. The van der Waals surface area contributed by atoms with Crippen molar-refractivity contribution in [3.8, 4) is 0 Å². The Labute approximate surface area is 151 Å². The van der Waals surface area contributed by atoms with E-state index >= 15 is 0 Å². The van der Waals surface area contributed by atoms with Crippen molar-refractivity contribution in [2.45, 2.75) is 25.8 Å². The molecule has 2 aromatic carbocycles. The Hall–Kier alpha value is -2.53. The van der Waals surface area contributed by atoms with Gasteiger partial charge in [-0.05, 0) is 49.7 Å². The minimum absolute atomic E-state index is 0.0392. The average Bonchev–Trinajstić information content (AvgIpc) is 3.18. The highest BCUT2D eigenvalue weighted by atomic mass is 19.1. The van der Waals surface area contributed by atoms with Crippen LogP contribution < -0.4 is 5.56 Å². The van der Waals surface area contributed by atoms with Crippen LogP contribution in [-0.4, -0.2) is 34.3 Å². The highest BCUT2D eigenvalue weighted by Gasteiger charge is 2.14. The molecule has 0 aliphatic carbocycles. The maximum absolute atomic E-state index is 13.2. The van der Waals surface area contributed by atoms with Gasteiger partial charge in [0, 0.05) is 18.4 Å². The van der Waals surface area contributed by atoms with Gasteiger partial charge in [0.25, 0.3) is 5.56 Å². The number of halogens is 1. The Morgan fingerprint density at radius 2 is 1.62 bits per heavy atom. The van der Waals surface area contributed by atoms with Crippen LogP contribution in [0.3, 0.4) is 0 Å². The molecule has 0 unspecified atom stereocenters. The van der Waals surface area contributed by atoms with Gasteiger partial charge < -0.3 is 4.90 Å². The highest BCUT2D eigenvalue weighted by Crippen LogP contribution is 2.17. The minimum Gasteiger partial charge on any atom is -0.301 e. The molecule has 0 spiro atoms. The molecule has 4 nitrogen and oxygen atoms in total. The molecular weight excluding hydrogens is 329 g/mol. The van der Waals surface area contributed by atoms with Crippen molar-refractivity contribution in [3.63, 3.8) is 0 Å². The fourth-order valence-corrected chi connectivity index (χ4v) is 3.63.